The highest BCUT2D eigenvalue weighted by Gasteiger charge is 2.09. The molecule has 0 atom stereocenters. The van der Waals surface area contributed by atoms with Crippen molar-refractivity contribution in [1.29, 1.82) is 5.41 Å². The minimum absolute atomic E-state index is 0.0700. The lowest BCUT2D eigenvalue weighted by Gasteiger charge is -2.21. The first kappa shape index (κ1) is 13.0. The third-order valence-electron chi connectivity index (χ3n) is 2.29. The van der Waals surface area contributed by atoms with Gasteiger partial charge >= 0.3 is 0 Å². The van der Waals surface area contributed by atoms with Gasteiger partial charge in [-0.1, -0.05) is 15.9 Å². The molecule has 1 rings (SSSR count). The molecule has 0 saturated carbocycles. The van der Waals surface area contributed by atoms with Gasteiger partial charge in [0.1, 0.15) is 5.84 Å². The third kappa shape index (κ3) is 3.21. The van der Waals surface area contributed by atoms with Crippen LogP contribution >= 0.6 is 15.9 Å². The van der Waals surface area contributed by atoms with Crippen molar-refractivity contribution in [2.75, 3.05) is 32.2 Å². The molecule has 0 fully saturated rings. The number of halogens is 1. The van der Waals surface area contributed by atoms with Crippen LogP contribution in [0.5, 0.6) is 0 Å². The van der Waals surface area contributed by atoms with Crippen molar-refractivity contribution in [3.05, 3.63) is 28.2 Å². The van der Waals surface area contributed by atoms with Gasteiger partial charge in [0.2, 0.25) is 0 Å². The number of nitrogen functional groups attached to an aromatic ring is 1. The van der Waals surface area contributed by atoms with Crippen LogP contribution in [0.25, 0.3) is 0 Å². The fourth-order valence-corrected chi connectivity index (χ4v) is 1.77. The van der Waals surface area contributed by atoms with Crippen molar-refractivity contribution in [2.45, 2.75) is 0 Å². The van der Waals surface area contributed by atoms with Gasteiger partial charge in [-0.05, 0) is 18.2 Å². The largest absolute Gasteiger partial charge is 0.384 e. The highest BCUT2D eigenvalue weighted by Crippen LogP contribution is 2.23. The molecule has 0 unspecified atom stereocenters. The van der Waals surface area contributed by atoms with Crippen LogP contribution in [0.2, 0.25) is 0 Å². The zero-order valence-corrected chi connectivity index (χ0v) is 11.0. The first-order valence-electron chi connectivity index (χ1n) is 4.90. The summed E-state index contributed by atoms with van der Waals surface area (Å²) in [6, 6.07) is 5.72. The van der Waals surface area contributed by atoms with Gasteiger partial charge in [-0.25, -0.2) is 0 Å². The fraction of sp³-hybridized carbons (Fsp3) is 0.364. The van der Waals surface area contributed by atoms with Crippen molar-refractivity contribution < 1.29 is 4.74 Å². The van der Waals surface area contributed by atoms with Crippen molar-refractivity contribution in [2.24, 2.45) is 5.73 Å². The predicted octanol–water partition coefficient (Wildman–Crippen LogP) is 1.82. The number of likely N-dealkylation sites (N-methyl/N-ethyl adjacent to an activating group) is 1. The smallest absolute Gasteiger partial charge is 0.124 e. The van der Waals surface area contributed by atoms with Crippen LogP contribution in [-0.2, 0) is 4.74 Å². The van der Waals surface area contributed by atoms with Gasteiger partial charge in [-0.15, -0.1) is 0 Å². The number of ether oxygens (including phenoxy) is 1. The lowest BCUT2D eigenvalue weighted by Crippen LogP contribution is -2.25. The Bertz CT molecular complexity index is 381. The Morgan fingerprint density at radius 1 is 1.56 bits per heavy atom. The number of methoxy groups -OCH3 is 1. The molecule has 0 aliphatic heterocycles. The Balaban J connectivity index is 2.98. The number of benzene rings is 1. The standard InChI is InChI=1S/C11H16BrN3O/c1-15(5-6-16-2)10-4-3-8(12)7-9(10)11(13)14/h3-4,7H,5-6H2,1-2H3,(H3,13,14). The van der Waals surface area contributed by atoms with Gasteiger partial charge in [0.25, 0.3) is 0 Å². The Kier molecular flexibility index (Phi) is 4.76. The van der Waals surface area contributed by atoms with Crippen LogP contribution in [0.15, 0.2) is 22.7 Å². The Labute approximate surface area is 104 Å². The first-order chi connectivity index (χ1) is 7.56. The zero-order valence-electron chi connectivity index (χ0n) is 9.46. The summed E-state index contributed by atoms with van der Waals surface area (Å²) in [6.07, 6.45) is 0. The topological polar surface area (TPSA) is 62.3 Å². The summed E-state index contributed by atoms with van der Waals surface area (Å²) in [5.74, 6) is 0.0700. The van der Waals surface area contributed by atoms with Gasteiger partial charge in [0.05, 0.1) is 6.61 Å². The summed E-state index contributed by atoms with van der Waals surface area (Å²) in [6.45, 7) is 1.41. The van der Waals surface area contributed by atoms with Gasteiger partial charge in [0.15, 0.2) is 0 Å². The molecule has 0 aliphatic rings. The van der Waals surface area contributed by atoms with Crippen LogP contribution in [0, 0.1) is 5.41 Å². The molecule has 0 heterocycles. The molecule has 5 heteroatoms. The summed E-state index contributed by atoms with van der Waals surface area (Å²) in [5, 5.41) is 7.54. The molecule has 1 aromatic rings. The van der Waals surface area contributed by atoms with E-state index in [1.807, 2.05) is 30.1 Å². The number of nitrogens with two attached hydrogens (primary N) is 1. The molecule has 4 nitrogen and oxygen atoms in total. The molecule has 0 saturated heterocycles. The van der Waals surface area contributed by atoms with E-state index >= 15 is 0 Å². The highest BCUT2D eigenvalue weighted by atomic mass is 79.9. The minimum atomic E-state index is 0.0700. The molecule has 0 radical (unpaired) electrons. The van der Waals surface area contributed by atoms with E-state index in [1.54, 1.807) is 7.11 Å². The first-order valence-corrected chi connectivity index (χ1v) is 5.69. The van der Waals surface area contributed by atoms with Crippen molar-refractivity contribution >= 4 is 27.5 Å². The van der Waals surface area contributed by atoms with E-state index in [0.29, 0.717) is 6.61 Å². The molecular formula is C11H16BrN3O. The second-order valence-electron chi connectivity index (χ2n) is 3.49. The quantitative estimate of drug-likeness (QED) is 0.641. The molecule has 0 amide bonds. The lowest BCUT2D eigenvalue weighted by molar-refractivity contribution is 0.206. The normalized spacial score (nSPS) is 10.2. The van der Waals surface area contributed by atoms with Gasteiger partial charge < -0.3 is 15.4 Å². The predicted molar refractivity (Wildman–Crippen MR) is 70.3 cm³/mol. The molecule has 16 heavy (non-hydrogen) atoms. The van der Waals surface area contributed by atoms with Gasteiger partial charge in [0, 0.05) is 36.4 Å². The number of nitrogens with zero attached hydrogens (tertiary/aromatic N) is 1. The van der Waals surface area contributed by atoms with Crippen molar-refractivity contribution in [1.82, 2.24) is 0 Å². The number of amidine groups is 1. The minimum Gasteiger partial charge on any atom is -0.384 e. The number of hydrogen-bond acceptors (Lipinski definition) is 3. The zero-order chi connectivity index (χ0) is 12.1. The van der Waals surface area contributed by atoms with E-state index in [1.165, 1.54) is 0 Å². The maximum Gasteiger partial charge on any atom is 0.124 e. The van der Waals surface area contributed by atoms with E-state index in [9.17, 15) is 0 Å². The Morgan fingerprint density at radius 3 is 2.81 bits per heavy atom. The van der Waals surface area contributed by atoms with Crippen LogP contribution in [0.1, 0.15) is 5.56 Å². The molecule has 1 aromatic carbocycles. The van der Waals surface area contributed by atoms with Gasteiger partial charge in [-0.2, -0.15) is 0 Å². The van der Waals surface area contributed by atoms with Crippen molar-refractivity contribution in [3.63, 3.8) is 0 Å². The number of nitrogens with one attached hydrogen (secondary N) is 1. The monoisotopic (exact) mass is 285 g/mol. The molecule has 3 N–H and O–H groups in total. The maximum absolute atomic E-state index is 7.54. The second kappa shape index (κ2) is 5.86. The number of rotatable bonds is 5. The van der Waals surface area contributed by atoms with Crippen LogP contribution < -0.4 is 10.6 Å². The lowest BCUT2D eigenvalue weighted by atomic mass is 10.1. The van der Waals surface area contributed by atoms with Crippen LogP contribution in [0.3, 0.4) is 0 Å². The van der Waals surface area contributed by atoms with Crippen molar-refractivity contribution in [3.8, 4) is 0 Å². The third-order valence-corrected chi connectivity index (χ3v) is 2.78. The van der Waals surface area contributed by atoms with Crippen LogP contribution in [0.4, 0.5) is 5.69 Å². The molecule has 0 spiro atoms. The Hall–Kier alpha value is -1.07. The summed E-state index contributed by atoms with van der Waals surface area (Å²) >= 11 is 3.37. The maximum atomic E-state index is 7.54. The summed E-state index contributed by atoms with van der Waals surface area (Å²) in [4.78, 5) is 2.02. The average Bonchev–Trinajstić information content (AvgIpc) is 2.25. The van der Waals surface area contributed by atoms with E-state index in [4.69, 9.17) is 15.9 Å². The Morgan fingerprint density at radius 2 is 2.25 bits per heavy atom. The van der Waals surface area contributed by atoms with E-state index in [-0.39, 0.29) is 5.84 Å². The molecule has 0 aromatic heterocycles. The van der Waals surface area contributed by atoms with E-state index < -0.39 is 0 Å². The fourth-order valence-electron chi connectivity index (χ4n) is 1.41. The number of hydrogen-bond donors (Lipinski definition) is 2. The van der Waals surface area contributed by atoms with E-state index in [0.717, 1.165) is 22.3 Å². The molecular weight excluding hydrogens is 270 g/mol. The molecule has 0 aliphatic carbocycles. The SMILES string of the molecule is COCCN(C)c1ccc(Br)cc1C(=N)N. The van der Waals surface area contributed by atoms with Crippen LogP contribution in [-0.4, -0.2) is 33.1 Å². The number of anilines is 1. The summed E-state index contributed by atoms with van der Waals surface area (Å²) in [5.41, 5.74) is 7.22. The highest BCUT2D eigenvalue weighted by molar-refractivity contribution is 9.10. The average molecular weight is 286 g/mol. The molecule has 0 bridgehead atoms. The van der Waals surface area contributed by atoms with E-state index in [2.05, 4.69) is 15.9 Å². The summed E-state index contributed by atoms with van der Waals surface area (Å²) in [7, 11) is 3.62. The summed E-state index contributed by atoms with van der Waals surface area (Å²) < 4.78 is 5.94. The second-order valence-corrected chi connectivity index (χ2v) is 4.41. The van der Waals surface area contributed by atoms with Gasteiger partial charge in [-0.3, -0.25) is 5.41 Å². The molecule has 88 valence electrons.